The molecule has 30 heavy (non-hydrogen) atoms. The summed E-state index contributed by atoms with van der Waals surface area (Å²) in [5.74, 6) is 2.33. The Morgan fingerprint density at radius 1 is 1.23 bits per heavy atom. The van der Waals surface area contributed by atoms with Crippen LogP contribution in [0.4, 0.5) is 5.69 Å². The number of fused-ring (bicyclic) bond motifs is 3. The monoisotopic (exact) mass is 424 g/mol. The number of ether oxygens (including phenoxy) is 1. The molecule has 0 saturated heterocycles. The summed E-state index contributed by atoms with van der Waals surface area (Å²) < 4.78 is 13.1. The molecular weight excluding hydrogens is 400 g/mol. The van der Waals surface area contributed by atoms with Gasteiger partial charge in [-0.05, 0) is 25.5 Å². The number of nitrogens with one attached hydrogen (secondary N) is 1. The van der Waals surface area contributed by atoms with E-state index in [4.69, 9.17) is 9.15 Å². The fourth-order valence-corrected chi connectivity index (χ4v) is 4.40. The van der Waals surface area contributed by atoms with Crippen molar-refractivity contribution < 1.29 is 13.9 Å². The quantitative estimate of drug-likeness (QED) is 0.427. The molecule has 0 radical (unpaired) electrons. The van der Waals surface area contributed by atoms with E-state index in [-0.39, 0.29) is 11.2 Å². The van der Waals surface area contributed by atoms with Crippen LogP contribution < -0.4 is 10.1 Å². The molecule has 4 rings (SSSR count). The Bertz CT molecular complexity index is 1210. The summed E-state index contributed by atoms with van der Waals surface area (Å²) in [6, 6.07) is 11.3. The normalized spacial score (nSPS) is 12.4. The van der Waals surface area contributed by atoms with Gasteiger partial charge < -0.3 is 14.5 Å². The molecule has 3 aromatic heterocycles. The number of hydrogen-bond acceptors (Lipinski definition) is 6. The molecule has 0 aliphatic heterocycles. The standard InChI is InChI=1S/C22H24N4O3S/c1-5-19(21(27)23-14-8-7-9-15(11-14)28-4)30-22-17-12-18-16(10-13(3)29-18)26(17)20(6-2)24-25-22/h7-12,19H,5-6H2,1-4H3,(H,23,27)/t19-/m1/s1. The molecule has 156 valence electrons. The van der Waals surface area contributed by atoms with Crippen LogP contribution >= 0.6 is 11.8 Å². The topological polar surface area (TPSA) is 81.7 Å². The van der Waals surface area contributed by atoms with Crippen LogP contribution in [-0.2, 0) is 11.2 Å². The number of benzene rings is 1. The van der Waals surface area contributed by atoms with Crippen molar-refractivity contribution in [2.45, 2.75) is 43.9 Å². The molecule has 0 fully saturated rings. The highest BCUT2D eigenvalue weighted by Crippen LogP contribution is 2.33. The molecule has 0 aliphatic carbocycles. The lowest BCUT2D eigenvalue weighted by atomic mass is 10.2. The maximum atomic E-state index is 12.9. The second-order valence-corrected chi connectivity index (χ2v) is 8.17. The number of rotatable bonds is 7. The second kappa shape index (κ2) is 8.39. The molecule has 7 nitrogen and oxygen atoms in total. The van der Waals surface area contributed by atoms with Crippen molar-refractivity contribution in [2.24, 2.45) is 0 Å². The summed E-state index contributed by atoms with van der Waals surface area (Å²) in [5, 5.41) is 12.2. The fraction of sp³-hybridized carbons (Fsp3) is 0.318. The number of methoxy groups -OCH3 is 1. The molecule has 1 N–H and O–H groups in total. The van der Waals surface area contributed by atoms with Crippen LogP contribution in [0.25, 0.3) is 16.6 Å². The van der Waals surface area contributed by atoms with Gasteiger partial charge in [0, 0.05) is 30.3 Å². The van der Waals surface area contributed by atoms with E-state index in [1.165, 1.54) is 11.8 Å². The van der Waals surface area contributed by atoms with Gasteiger partial charge in [-0.3, -0.25) is 9.20 Å². The number of hydrogen-bond donors (Lipinski definition) is 1. The third-order valence-corrected chi connectivity index (χ3v) is 6.26. The Kier molecular flexibility index (Phi) is 5.67. The number of carbonyl (C=O) groups excluding carboxylic acids is 1. The Morgan fingerprint density at radius 2 is 2.07 bits per heavy atom. The second-order valence-electron chi connectivity index (χ2n) is 6.98. The molecule has 0 spiro atoms. The molecule has 0 unspecified atom stereocenters. The first-order valence-corrected chi connectivity index (χ1v) is 10.8. The van der Waals surface area contributed by atoms with Gasteiger partial charge >= 0.3 is 0 Å². The van der Waals surface area contributed by atoms with Crippen LogP contribution in [0.15, 0.2) is 45.8 Å². The van der Waals surface area contributed by atoms with Crippen molar-refractivity contribution in [1.29, 1.82) is 0 Å². The van der Waals surface area contributed by atoms with E-state index in [1.807, 2.05) is 51.1 Å². The average molecular weight is 425 g/mol. The number of aromatic nitrogens is 3. The SMILES string of the molecule is CCc1nnc(S[C@H](CC)C(=O)Nc2cccc(OC)c2)c2cc3oc(C)cc3n12. The smallest absolute Gasteiger partial charge is 0.237 e. The predicted molar refractivity (Wildman–Crippen MR) is 118 cm³/mol. The van der Waals surface area contributed by atoms with Gasteiger partial charge in [-0.25, -0.2) is 0 Å². The number of furan rings is 1. The Morgan fingerprint density at radius 3 is 2.80 bits per heavy atom. The number of amides is 1. The summed E-state index contributed by atoms with van der Waals surface area (Å²) in [6.45, 7) is 5.96. The minimum Gasteiger partial charge on any atom is -0.497 e. The zero-order chi connectivity index (χ0) is 21.3. The number of carbonyl (C=O) groups is 1. The van der Waals surface area contributed by atoms with E-state index < -0.39 is 0 Å². The molecule has 0 saturated carbocycles. The van der Waals surface area contributed by atoms with E-state index in [9.17, 15) is 4.79 Å². The van der Waals surface area contributed by atoms with Gasteiger partial charge in [0.1, 0.15) is 22.4 Å². The van der Waals surface area contributed by atoms with Crippen LogP contribution in [0.1, 0.15) is 31.9 Å². The van der Waals surface area contributed by atoms with Crippen LogP contribution in [0.3, 0.4) is 0 Å². The van der Waals surface area contributed by atoms with E-state index in [0.717, 1.165) is 34.6 Å². The van der Waals surface area contributed by atoms with Gasteiger partial charge in [-0.2, -0.15) is 0 Å². The molecule has 3 heterocycles. The van der Waals surface area contributed by atoms with Crippen LogP contribution in [-0.4, -0.2) is 32.9 Å². The highest BCUT2D eigenvalue weighted by Gasteiger charge is 2.23. The van der Waals surface area contributed by atoms with Crippen molar-refractivity contribution in [2.75, 3.05) is 12.4 Å². The van der Waals surface area contributed by atoms with Crippen molar-refractivity contribution in [3.63, 3.8) is 0 Å². The molecule has 4 aromatic rings. The van der Waals surface area contributed by atoms with Crippen molar-refractivity contribution >= 4 is 40.0 Å². The highest BCUT2D eigenvalue weighted by molar-refractivity contribution is 8.00. The molecular formula is C22H24N4O3S. The van der Waals surface area contributed by atoms with E-state index in [1.54, 1.807) is 13.2 Å². The van der Waals surface area contributed by atoms with Crippen LogP contribution in [0.2, 0.25) is 0 Å². The van der Waals surface area contributed by atoms with Crippen molar-refractivity contribution in [3.8, 4) is 5.75 Å². The zero-order valence-corrected chi connectivity index (χ0v) is 18.2. The molecule has 0 aliphatic rings. The third kappa shape index (κ3) is 3.75. The summed E-state index contributed by atoms with van der Waals surface area (Å²) in [7, 11) is 1.60. The van der Waals surface area contributed by atoms with E-state index >= 15 is 0 Å². The van der Waals surface area contributed by atoms with Gasteiger partial charge in [0.05, 0.1) is 23.4 Å². The number of nitrogens with zero attached hydrogens (tertiary/aromatic N) is 3. The van der Waals surface area contributed by atoms with Crippen LogP contribution in [0.5, 0.6) is 5.75 Å². The Balaban J connectivity index is 1.64. The minimum atomic E-state index is -0.315. The van der Waals surface area contributed by atoms with Crippen molar-refractivity contribution in [3.05, 3.63) is 48.0 Å². The molecule has 1 amide bonds. The first kappa shape index (κ1) is 20.3. The molecule has 0 bridgehead atoms. The number of thioether (sulfide) groups is 1. The lowest BCUT2D eigenvalue weighted by Gasteiger charge is -2.15. The fourth-order valence-electron chi connectivity index (χ4n) is 3.44. The summed E-state index contributed by atoms with van der Waals surface area (Å²) in [4.78, 5) is 12.9. The third-order valence-electron chi connectivity index (χ3n) is 4.92. The minimum absolute atomic E-state index is 0.0821. The summed E-state index contributed by atoms with van der Waals surface area (Å²) >= 11 is 1.42. The van der Waals surface area contributed by atoms with Gasteiger partial charge in [0.2, 0.25) is 5.91 Å². The van der Waals surface area contributed by atoms with Crippen LogP contribution in [0, 0.1) is 6.92 Å². The van der Waals surface area contributed by atoms with E-state index in [0.29, 0.717) is 22.9 Å². The lowest BCUT2D eigenvalue weighted by Crippen LogP contribution is -2.24. The lowest BCUT2D eigenvalue weighted by molar-refractivity contribution is -0.115. The Labute approximate surface area is 178 Å². The summed E-state index contributed by atoms with van der Waals surface area (Å²) in [6.07, 6.45) is 1.40. The van der Waals surface area contributed by atoms with Gasteiger partial charge in [0.15, 0.2) is 5.58 Å². The summed E-state index contributed by atoms with van der Waals surface area (Å²) in [5.41, 5.74) is 3.39. The number of anilines is 1. The van der Waals surface area contributed by atoms with Gasteiger partial charge in [-0.15, -0.1) is 10.2 Å². The number of aryl methyl sites for hydroxylation is 2. The van der Waals surface area contributed by atoms with Crippen molar-refractivity contribution in [1.82, 2.24) is 14.6 Å². The molecule has 1 atom stereocenters. The first-order valence-electron chi connectivity index (χ1n) is 9.92. The maximum Gasteiger partial charge on any atom is 0.237 e. The Hall–Kier alpha value is -3.00. The first-order chi connectivity index (χ1) is 14.5. The van der Waals surface area contributed by atoms with Gasteiger partial charge in [-0.1, -0.05) is 31.7 Å². The highest BCUT2D eigenvalue weighted by atomic mass is 32.2. The molecule has 8 heteroatoms. The average Bonchev–Trinajstić information content (AvgIpc) is 3.28. The van der Waals surface area contributed by atoms with E-state index in [2.05, 4.69) is 19.9 Å². The zero-order valence-electron chi connectivity index (χ0n) is 17.4. The van der Waals surface area contributed by atoms with Gasteiger partial charge in [0.25, 0.3) is 0 Å². The predicted octanol–water partition coefficient (Wildman–Crippen LogP) is 4.86. The largest absolute Gasteiger partial charge is 0.497 e. The maximum absolute atomic E-state index is 12.9. The molecule has 1 aromatic carbocycles.